The van der Waals surface area contributed by atoms with Crippen molar-refractivity contribution < 1.29 is 13.2 Å². The first kappa shape index (κ1) is 15.1. The smallest absolute Gasteiger partial charge is 0.238 e. The number of ether oxygens (including phenoxy) is 1. The van der Waals surface area contributed by atoms with E-state index >= 15 is 0 Å². The molecule has 106 valence electrons. The molecule has 0 radical (unpaired) electrons. The third-order valence-electron chi connectivity index (χ3n) is 2.57. The molecule has 0 aromatic heterocycles. The van der Waals surface area contributed by atoms with Crippen molar-refractivity contribution in [1.82, 2.24) is 0 Å². The second-order valence-electron chi connectivity index (χ2n) is 4.02. The van der Waals surface area contributed by atoms with Crippen molar-refractivity contribution in [2.75, 3.05) is 0 Å². The number of benzene rings is 2. The van der Waals surface area contributed by atoms with Crippen molar-refractivity contribution in [2.45, 2.75) is 11.5 Å². The lowest BCUT2D eigenvalue weighted by molar-refractivity contribution is 0.306. The van der Waals surface area contributed by atoms with Gasteiger partial charge in [-0.1, -0.05) is 41.4 Å². The van der Waals surface area contributed by atoms with Crippen molar-refractivity contribution in [3.05, 3.63) is 58.1 Å². The minimum absolute atomic E-state index is 0.0624. The molecule has 0 unspecified atom stereocenters. The predicted molar refractivity (Wildman–Crippen MR) is 78.6 cm³/mol. The highest BCUT2D eigenvalue weighted by atomic mass is 35.5. The van der Waals surface area contributed by atoms with Crippen LogP contribution in [-0.4, -0.2) is 8.42 Å². The van der Waals surface area contributed by atoms with E-state index in [-0.39, 0.29) is 16.5 Å². The summed E-state index contributed by atoms with van der Waals surface area (Å²) in [5, 5.41) is 5.77. The summed E-state index contributed by atoms with van der Waals surface area (Å²) in [5.74, 6) is 0.360. The van der Waals surface area contributed by atoms with Gasteiger partial charge in [-0.15, -0.1) is 0 Å². The molecule has 2 aromatic rings. The number of nitrogens with two attached hydrogens (primary N) is 1. The summed E-state index contributed by atoms with van der Waals surface area (Å²) >= 11 is 12.0. The number of primary sulfonamides is 1. The van der Waals surface area contributed by atoms with Gasteiger partial charge in [0.1, 0.15) is 12.4 Å². The molecule has 4 nitrogen and oxygen atoms in total. The molecule has 0 aliphatic heterocycles. The van der Waals surface area contributed by atoms with Gasteiger partial charge in [0.05, 0.1) is 9.92 Å². The van der Waals surface area contributed by atoms with Gasteiger partial charge in [-0.05, 0) is 24.3 Å². The van der Waals surface area contributed by atoms with Crippen molar-refractivity contribution >= 4 is 33.2 Å². The van der Waals surface area contributed by atoms with Crippen LogP contribution in [0, 0.1) is 0 Å². The molecule has 0 aliphatic rings. The molecular weight excluding hydrogens is 321 g/mol. The van der Waals surface area contributed by atoms with Gasteiger partial charge in [-0.3, -0.25) is 0 Å². The van der Waals surface area contributed by atoms with Gasteiger partial charge in [-0.25, -0.2) is 13.6 Å². The standard InChI is InChI=1S/C13H11Cl2NO3S/c14-11-4-2-1-3-9(11)8-19-13-6-5-10(7-12(13)15)20(16,17)18/h1-7H,8H2,(H2,16,17,18). The van der Waals surface area contributed by atoms with E-state index < -0.39 is 10.0 Å². The first-order valence-corrected chi connectivity index (χ1v) is 7.87. The van der Waals surface area contributed by atoms with Crippen LogP contribution in [0.5, 0.6) is 5.75 Å². The summed E-state index contributed by atoms with van der Waals surface area (Å²) in [6.45, 7) is 0.230. The highest BCUT2D eigenvalue weighted by Crippen LogP contribution is 2.28. The molecule has 2 rings (SSSR count). The van der Waals surface area contributed by atoms with E-state index in [1.54, 1.807) is 6.07 Å². The predicted octanol–water partition coefficient (Wildman–Crippen LogP) is 3.22. The molecule has 2 N–H and O–H groups in total. The minimum atomic E-state index is -3.78. The van der Waals surface area contributed by atoms with E-state index in [9.17, 15) is 8.42 Å². The first-order valence-electron chi connectivity index (χ1n) is 5.56. The Kier molecular flexibility index (Phi) is 4.55. The maximum atomic E-state index is 11.2. The summed E-state index contributed by atoms with van der Waals surface area (Å²) < 4.78 is 27.9. The summed E-state index contributed by atoms with van der Waals surface area (Å²) in [6.07, 6.45) is 0. The summed E-state index contributed by atoms with van der Waals surface area (Å²) in [5.41, 5.74) is 0.806. The third kappa shape index (κ3) is 3.64. The number of hydrogen-bond acceptors (Lipinski definition) is 3. The molecular formula is C13H11Cl2NO3S. The Hall–Kier alpha value is -1.27. The average molecular weight is 332 g/mol. The minimum Gasteiger partial charge on any atom is -0.487 e. The van der Waals surface area contributed by atoms with Crippen LogP contribution in [0.4, 0.5) is 0 Å². The van der Waals surface area contributed by atoms with Gasteiger partial charge < -0.3 is 4.74 Å². The Morgan fingerprint density at radius 3 is 2.35 bits per heavy atom. The summed E-state index contributed by atoms with van der Waals surface area (Å²) in [4.78, 5) is -0.0624. The van der Waals surface area contributed by atoms with E-state index in [0.717, 1.165) is 5.56 Å². The first-order chi connectivity index (χ1) is 9.38. The zero-order valence-electron chi connectivity index (χ0n) is 10.2. The maximum Gasteiger partial charge on any atom is 0.238 e. The number of hydrogen-bond donors (Lipinski definition) is 1. The fourth-order valence-corrected chi connectivity index (χ4v) is 2.58. The normalized spacial score (nSPS) is 11.3. The van der Waals surface area contributed by atoms with Crippen LogP contribution in [0.25, 0.3) is 0 Å². The van der Waals surface area contributed by atoms with Gasteiger partial charge in [0.2, 0.25) is 10.0 Å². The Morgan fingerprint density at radius 1 is 1.05 bits per heavy atom. The molecule has 2 aromatic carbocycles. The highest BCUT2D eigenvalue weighted by Gasteiger charge is 2.11. The summed E-state index contributed by atoms with van der Waals surface area (Å²) in [6, 6.07) is 11.3. The van der Waals surface area contributed by atoms with Crippen LogP contribution in [-0.2, 0) is 16.6 Å². The van der Waals surface area contributed by atoms with E-state index in [0.29, 0.717) is 10.8 Å². The largest absolute Gasteiger partial charge is 0.487 e. The Labute approximate surface area is 127 Å². The quantitative estimate of drug-likeness (QED) is 0.935. The number of rotatable bonds is 4. The average Bonchev–Trinajstić information content (AvgIpc) is 2.38. The van der Waals surface area contributed by atoms with Crippen LogP contribution in [0.3, 0.4) is 0 Å². The van der Waals surface area contributed by atoms with Crippen LogP contribution in [0.15, 0.2) is 47.4 Å². The molecule has 0 bridgehead atoms. The second-order valence-corrected chi connectivity index (χ2v) is 6.39. The molecule has 0 spiro atoms. The molecule has 0 saturated heterocycles. The van der Waals surface area contributed by atoms with Crippen LogP contribution < -0.4 is 9.88 Å². The molecule has 0 saturated carbocycles. The third-order valence-corrected chi connectivity index (χ3v) is 4.15. The van der Waals surface area contributed by atoms with Gasteiger partial charge in [0.15, 0.2) is 0 Å². The Bertz CT molecular complexity index is 732. The number of sulfonamides is 1. The van der Waals surface area contributed by atoms with Gasteiger partial charge in [0, 0.05) is 10.6 Å². The fraction of sp³-hybridized carbons (Fsp3) is 0.0769. The zero-order valence-corrected chi connectivity index (χ0v) is 12.5. The molecule has 0 fully saturated rings. The molecule has 0 atom stereocenters. The van der Waals surface area contributed by atoms with Crippen LogP contribution in [0.1, 0.15) is 5.56 Å². The Balaban J connectivity index is 2.17. The summed E-state index contributed by atoms with van der Waals surface area (Å²) in [7, 11) is -3.78. The second kappa shape index (κ2) is 6.01. The van der Waals surface area contributed by atoms with Crippen molar-refractivity contribution in [2.24, 2.45) is 5.14 Å². The lowest BCUT2D eigenvalue weighted by Crippen LogP contribution is -2.12. The van der Waals surface area contributed by atoms with Crippen molar-refractivity contribution in [3.8, 4) is 5.75 Å². The molecule has 0 aliphatic carbocycles. The van der Waals surface area contributed by atoms with Crippen molar-refractivity contribution in [3.63, 3.8) is 0 Å². The molecule has 7 heteroatoms. The van der Waals surface area contributed by atoms with Gasteiger partial charge >= 0.3 is 0 Å². The molecule has 20 heavy (non-hydrogen) atoms. The fourth-order valence-electron chi connectivity index (χ4n) is 1.55. The molecule has 0 heterocycles. The zero-order chi connectivity index (χ0) is 14.8. The number of halogens is 2. The van der Waals surface area contributed by atoms with E-state index in [1.165, 1.54) is 18.2 Å². The highest BCUT2D eigenvalue weighted by molar-refractivity contribution is 7.89. The van der Waals surface area contributed by atoms with Gasteiger partial charge in [-0.2, -0.15) is 0 Å². The molecule has 0 amide bonds. The van der Waals surface area contributed by atoms with Crippen molar-refractivity contribution in [1.29, 1.82) is 0 Å². The maximum absolute atomic E-state index is 11.2. The Morgan fingerprint density at radius 2 is 1.75 bits per heavy atom. The lowest BCUT2D eigenvalue weighted by atomic mass is 10.2. The lowest BCUT2D eigenvalue weighted by Gasteiger charge is -2.10. The topological polar surface area (TPSA) is 69.4 Å². The monoisotopic (exact) mass is 331 g/mol. The van der Waals surface area contributed by atoms with E-state index in [1.807, 2.05) is 18.2 Å². The van der Waals surface area contributed by atoms with Gasteiger partial charge in [0.25, 0.3) is 0 Å². The van der Waals surface area contributed by atoms with Crippen LogP contribution >= 0.6 is 23.2 Å². The van der Waals surface area contributed by atoms with E-state index in [4.69, 9.17) is 33.1 Å². The SMILES string of the molecule is NS(=O)(=O)c1ccc(OCc2ccccc2Cl)c(Cl)c1. The van der Waals surface area contributed by atoms with Crippen LogP contribution in [0.2, 0.25) is 10.0 Å². The van der Waals surface area contributed by atoms with E-state index in [2.05, 4.69) is 0 Å².